The lowest BCUT2D eigenvalue weighted by Gasteiger charge is -2.33. The van der Waals surface area contributed by atoms with E-state index in [9.17, 15) is 14.7 Å². The Kier molecular flexibility index (Phi) is 8.63. The highest BCUT2D eigenvalue weighted by Gasteiger charge is 2.48. The van der Waals surface area contributed by atoms with Gasteiger partial charge in [-0.15, -0.1) is 0 Å². The standard InChI is InChI=1S/C30H40N2O6/c1-30(2,3)22-10-7-20(8-11-22)26-25(27(33)21-9-12-23(36-4)24(19-21)37-5)28(34)29(35)32(26)14-6-13-31-15-17-38-18-16-31/h7,9-12,19-20,26,33H,6,8,13-18H2,1-5H3/b27-25+/t20-,26+/m0/s1. The molecule has 0 unspecified atom stereocenters. The number of aliphatic hydroxyl groups is 1. The largest absolute Gasteiger partial charge is 0.507 e. The second-order valence-electron chi connectivity index (χ2n) is 11.1. The predicted octanol–water partition coefficient (Wildman–Crippen LogP) is 4.02. The third-order valence-electron chi connectivity index (χ3n) is 7.62. The van der Waals surface area contributed by atoms with Gasteiger partial charge in [0.2, 0.25) is 0 Å². The molecule has 3 aliphatic rings. The van der Waals surface area contributed by atoms with Gasteiger partial charge in [-0.2, -0.15) is 0 Å². The fraction of sp³-hybridized carbons (Fsp3) is 0.533. The Morgan fingerprint density at radius 3 is 2.39 bits per heavy atom. The van der Waals surface area contributed by atoms with Crippen LogP contribution in [0, 0.1) is 11.3 Å². The predicted molar refractivity (Wildman–Crippen MR) is 146 cm³/mol. The van der Waals surface area contributed by atoms with Crippen molar-refractivity contribution < 1.29 is 28.9 Å². The molecule has 206 valence electrons. The van der Waals surface area contributed by atoms with Gasteiger partial charge in [0.1, 0.15) is 5.76 Å². The molecule has 1 amide bonds. The van der Waals surface area contributed by atoms with Gasteiger partial charge in [0.25, 0.3) is 11.7 Å². The summed E-state index contributed by atoms with van der Waals surface area (Å²) in [5, 5.41) is 11.4. The van der Waals surface area contributed by atoms with Crippen LogP contribution in [0.5, 0.6) is 11.5 Å². The van der Waals surface area contributed by atoms with Crippen molar-refractivity contribution in [1.82, 2.24) is 9.80 Å². The summed E-state index contributed by atoms with van der Waals surface area (Å²) < 4.78 is 16.2. The number of nitrogens with zero attached hydrogens (tertiary/aromatic N) is 2. The number of aliphatic hydroxyl groups excluding tert-OH is 1. The van der Waals surface area contributed by atoms with E-state index in [-0.39, 0.29) is 22.7 Å². The first-order valence-electron chi connectivity index (χ1n) is 13.4. The van der Waals surface area contributed by atoms with Crippen molar-refractivity contribution >= 4 is 17.4 Å². The number of hydrogen-bond acceptors (Lipinski definition) is 7. The van der Waals surface area contributed by atoms with Crippen molar-refractivity contribution in [3.05, 3.63) is 53.1 Å². The maximum Gasteiger partial charge on any atom is 0.295 e. The number of allylic oxidation sites excluding steroid dienone is 3. The minimum atomic E-state index is -0.646. The molecule has 0 aromatic heterocycles. The topological polar surface area (TPSA) is 88.5 Å². The first-order chi connectivity index (χ1) is 18.2. The quantitative estimate of drug-likeness (QED) is 0.312. The molecule has 4 rings (SSSR count). The third kappa shape index (κ3) is 5.81. The number of rotatable bonds is 8. The van der Waals surface area contributed by atoms with Gasteiger partial charge >= 0.3 is 0 Å². The van der Waals surface area contributed by atoms with E-state index >= 15 is 0 Å². The normalized spacial score (nSPS) is 24.0. The summed E-state index contributed by atoms with van der Waals surface area (Å²) in [6.45, 7) is 10.9. The first kappa shape index (κ1) is 27.9. The van der Waals surface area contributed by atoms with E-state index in [1.54, 1.807) is 23.1 Å². The van der Waals surface area contributed by atoms with Crippen molar-refractivity contribution in [3.8, 4) is 11.5 Å². The Hall–Kier alpha value is -3.10. The number of amides is 1. The van der Waals surface area contributed by atoms with E-state index in [0.717, 1.165) is 26.1 Å². The van der Waals surface area contributed by atoms with Crippen LogP contribution in [-0.4, -0.2) is 86.3 Å². The summed E-state index contributed by atoms with van der Waals surface area (Å²) in [6.07, 6.45) is 7.79. The van der Waals surface area contributed by atoms with Gasteiger partial charge in [-0.05, 0) is 42.0 Å². The van der Waals surface area contributed by atoms with Crippen LogP contribution < -0.4 is 9.47 Å². The average Bonchev–Trinajstić information content (AvgIpc) is 3.17. The maximum atomic E-state index is 13.4. The van der Waals surface area contributed by atoms with Crippen molar-refractivity contribution in [2.45, 2.75) is 39.7 Å². The van der Waals surface area contributed by atoms with Gasteiger partial charge in [-0.3, -0.25) is 14.5 Å². The summed E-state index contributed by atoms with van der Waals surface area (Å²) in [7, 11) is 3.05. The van der Waals surface area contributed by atoms with E-state index in [2.05, 4.69) is 43.9 Å². The van der Waals surface area contributed by atoms with Gasteiger partial charge in [0.05, 0.1) is 39.0 Å². The lowest BCUT2D eigenvalue weighted by Crippen LogP contribution is -2.42. The number of carbonyl (C=O) groups is 2. The van der Waals surface area contributed by atoms with Crippen LogP contribution in [0.2, 0.25) is 0 Å². The molecule has 2 saturated heterocycles. The monoisotopic (exact) mass is 524 g/mol. The summed E-state index contributed by atoms with van der Waals surface area (Å²) in [5.74, 6) is -0.575. The highest BCUT2D eigenvalue weighted by atomic mass is 16.5. The number of hydrogen-bond donors (Lipinski definition) is 1. The maximum absolute atomic E-state index is 13.4. The van der Waals surface area contributed by atoms with Crippen LogP contribution in [0.25, 0.3) is 5.76 Å². The molecule has 1 N–H and O–H groups in total. The van der Waals surface area contributed by atoms with Gasteiger partial charge in [-0.1, -0.05) is 39.0 Å². The fourth-order valence-electron chi connectivity index (χ4n) is 5.45. The molecule has 0 radical (unpaired) electrons. The third-order valence-corrected chi connectivity index (χ3v) is 7.62. The van der Waals surface area contributed by atoms with Gasteiger partial charge in [0.15, 0.2) is 11.5 Å². The lowest BCUT2D eigenvalue weighted by molar-refractivity contribution is -0.140. The minimum Gasteiger partial charge on any atom is -0.507 e. The number of likely N-dealkylation sites (tertiary alicyclic amines) is 1. The zero-order valence-corrected chi connectivity index (χ0v) is 23.2. The number of benzene rings is 1. The van der Waals surface area contributed by atoms with Crippen LogP contribution in [0.4, 0.5) is 0 Å². The number of ketones is 1. The lowest BCUT2D eigenvalue weighted by atomic mass is 9.78. The highest BCUT2D eigenvalue weighted by molar-refractivity contribution is 6.46. The van der Waals surface area contributed by atoms with Crippen LogP contribution in [0.1, 0.15) is 39.2 Å². The second kappa shape index (κ2) is 11.7. The molecule has 8 nitrogen and oxygen atoms in total. The molecule has 0 saturated carbocycles. The smallest absolute Gasteiger partial charge is 0.295 e. The second-order valence-corrected chi connectivity index (χ2v) is 11.1. The molecule has 2 fully saturated rings. The molecule has 38 heavy (non-hydrogen) atoms. The molecule has 1 aliphatic carbocycles. The van der Waals surface area contributed by atoms with Crippen molar-refractivity contribution in [2.24, 2.45) is 11.3 Å². The van der Waals surface area contributed by atoms with Gasteiger partial charge in [-0.25, -0.2) is 0 Å². The van der Waals surface area contributed by atoms with Crippen LogP contribution in [0.3, 0.4) is 0 Å². The molecular formula is C30H40N2O6. The van der Waals surface area contributed by atoms with Crippen molar-refractivity contribution in [1.29, 1.82) is 0 Å². The Balaban J connectivity index is 1.67. The Morgan fingerprint density at radius 2 is 1.79 bits per heavy atom. The first-order valence-corrected chi connectivity index (χ1v) is 13.4. The SMILES string of the molecule is COc1ccc(/C(O)=C2\C(=O)C(=O)N(CCCN3CCOCC3)[C@@H]2[C@H]2C=CC(C(C)(C)C)=CC2)cc1OC. The summed E-state index contributed by atoms with van der Waals surface area (Å²) in [5.41, 5.74) is 1.78. The number of ether oxygens (including phenoxy) is 3. The summed E-state index contributed by atoms with van der Waals surface area (Å²) in [4.78, 5) is 30.7. The number of Topliss-reactive ketones (excluding diaryl/α,β-unsaturated/α-hetero) is 1. The molecule has 1 aromatic rings. The number of carbonyl (C=O) groups excluding carboxylic acids is 2. The van der Waals surface area contributed by atoms with Gasteiger partial charge < -0.3 is 24.2 Å². The van der Waals surface area contributed by atoms with Crippen LogP contribution >= 0.6 is 0 Å². The molecule has 2 aliphatic heterocycles. The molecule has 1 aromatic carbocycles. The van der Waals surface area contributed by atoms with E-state index in [0.29, 0.717) is 43.2 Å². The van der Waals surface area contributed by atoms with Crippen LogP contribution in [0.15, 0.2) is 47.6 Å². The Bertz CT molecular complexity index is 1140. The molecule has 0 spiro atoms. The van der Waals surface area contributed by atoms with E-state index in [1.807, 2.05) is 0 Å². The molecule has 0 bridgehead atoms. The van der Waals surface area contributed by atoms with E-state index in [1.165, 1.54) is 19.8 Å². The van der Waals surface area contributed by atoms with Crippen molar-refractivity contribution in [2.75, 3.05) is 53.6 Å². The zero-order chi connectivity index (χ0) is 27.4. The fourth-order valence-corrected chi connectivity index (χ4v) is 5.45. The molecule has 8 heteroatoms. The van der Waals surface area contributed by atoms with Gasteiger partial charge in [0, 0.05) is 37.7 Å². The van der Waals surface area contributed by atoms with E-state index in [4.69, 9.17) is 14.2 Å². The zero-order valence-electron chi connectivity index (χ0n) is 23.2. The highest BCUT2D eigenvalue weighted by Crippen LogP contribution is 2.40. The molecular weight excluding hydrogens is 484 g/mol. The van der Waals surface area contributed by atoms with Crippen molar-refractivity contribution in [3.63, 3.8) is 0 Å². The summed E-state index contributed by atoms with van der Waals surface area (Å²) in [6, 6.07) is 4.43. The average molecular weight is 525 g/mol. The minimum absolute atomic E-state index is 0.00108. The molecule has 2 atom stereocenters. The number of morpholine rings is 1. The summed E-state index contributed by atoms with van der Waals surface area (Å²) >= 11 is 0. The number of methoxy groups -OCH3 is 2. The Labute approximate surface area is 225 Å². The molecule has 2 heterocycles. The van der Waals surface area contributed by atoms with Crippen LogP contribution in [-0.2, 0) is 14.3 Å². The Morgan fingerprint density at radius 1 is 1.08 bits per heavy atom. The van der Waals surface area contributed by atoms with E-state index < -0.39 is 17.7 Å².